The second kappa shape index (κ2) is 6.74. The number of hydrogen-bond acceptors (Lipinski definition) is 2. The Balaban J connectivity index is 0.000000731. The average molecular weight is 292 g/mol. The number of amides is 2. The maximum Gasteiger partial charge on any atom is 0.318 e. The fourth-order valence-corrected chi connectivity index (χ4v) is 3.14. The van der Waals surface area contributed by atoms with Gasteiger partial charge in [-0.05, 0) is 74.6 Å². The number of hydrogen-bond donors (Lipinski definition) is 2. The van der Waals surface area contributed by atoms with Gasteiger partial charge in [0.15, 0.2) is 0 Å². The molecule has 2 aliphatic rings. The molecule has 0 aliphatic heterocycles. The summed E-state index contributed by atoms with van der Waals surface area (Å²) in [5.41, 5.74) is 6.80. The molecule has 0 radical (unpaired) electrons. The molecular formula is C17H28N2O2. The van der Waals surface area contributed by atoms with Crippen molar-refractivity contribution in [2.24, 2.45) is 0 Å². The minimum atomic E-state index is -0.0978. The molecule has 4 nitrogen and oxygen atoms in total. The highest BCUT2D eigenvalue weighted by Gasteiger charge is 2.24. The first-order valence-electron chi connectivity index (χ1n) is 7.65. The number of Topliss-reactive ketones (excluding diaryl/α,β-unsaturated/α-hetero) is 1. The molecular weight excluding hydrogens is 264 g/mol. The van der Waals surface area contributed by atoms with Crippen LogP contribution in [-0.2, 0) is 30.5 Å². The van der Waals surface area contributed by atoms with E-state index in [1.807, 2.05) is 0 Å². The van der Waals surface area contributed by atoms with Crippen LogP contribution in [0.1, 0.15) is 51.8 Å². The van der Waals surface area contributed by atoms with Crippen molar-refractivity contribution in [2.75, 3.05) is 12.4 Å². The van der Waals surface area contributed by atoms with Gasteiger partial charge in [-0.2, -0.15) is 0 Å². The van der Waals surface area contributed by atoms with Gasteiger partial charge in [0.05, 0.1) is 0 Å². The van der Waals surface area contributed by atoms with E-state index in [4.69, 9.17) is 0 Å². The van der Waals surface area contributed by atoms with E-state index in [9.17, 15) is 9.59 Å². The standard InChI is InChI=1S/C14H18N2O.C3H6O.2H2/c1-15-14(17)16-13-11-6-2-4-9(11)8-10-5-3-7-12(10)13;1-3(2)4;;/h8H,2-7H2,1H3,(H2,15,16,17);1-2H3;2*1H. The number of urea groups is 1. The predicted octanol–water partition coefficient (Wildman–Crippen LogP) is 3.50. The summed E-state index contributed by atoms with van der Waals surface area (Å²) >= 11 is 0. The van der Waals surface area contributed by atoms with Gasteiger partial charge in [-0.1, -0.05) is 6.07 Å². The van der Waals surface area contributed by atoms with Crippen LogP contribution in [-0.4, -0.2) is 18.9 Å². The van der Waals surface area contributed by atoms with Crippen molar-refractivity contribution < 1.29 is 12.4 Å². The average Bonchev–Trinajstić information content (AvgIpc) is 3.05. The normalized spacial score (nSPS) is 14.6. The number of rotatable bonds is 1. The van der Waals surface area contributed by atoms with Gasteiger partial charge >= 0.3 is 6.03 Å². The van der Waals surface area contributed by atoms with Crippen LogP contribution in [0.3, 0.4) is 0 Å². The van der Waals surface area contributed by atoms with Crippen molar-refractivity contribution >= 4 is 17.5 Å². The highest BCUT2D eigenvalue weighted by Crippen LogP contribution is 2.38. The topological polar surface area (TPSA) is 58.2 Å². The monoisotopic (exact) mass is 292 g/mol. The van der Waals surface area contributed by atoms with Gasteiger partial charge in [0, 0.05) is 15.6 Å². The number of carbonyl (C=O) groups is 2. The Labute approximate surface area is 129 Å². The third-order valence-corrected chi connectivity index (χ3v) is 3.94. The first-order valence-corrected chi connectivity index (χ1v) is 7.65. The van der Waals surface area contributed by atoms with E-state index >= 15 is 0 Å². The Kier molecular flexibility index (Phi) is 4.99. The van der Waals surface area contributed by atoms with Crippen LogP contribution in [0.25, 0.3) is 0 Å². The summed E-state index contributed by atoms with van der Waals surface area (Å²) in [4.78, 5) is 21.0. The molecule has 2 aliphatic carbocycles. The quantitative estimate of drug-likeness (QED) is 0.832. The molecule has 2 N–H and O–H groups in total. The van der Waals surface area contributed by atoms with E-state index in [-0.39, 0.29) is 14.7 Å². The number of anilines is 1. The van der Waals surface area contributed by atoms with E-state index in [2.05, 4.69) is 16.7 Å². The highest BCUT2D eigenvalue weighted by atomic mass is 16.2. The molecule has 4 heteroatoms. The number of fused-ring (bicyclic) bond motifs is 2. The number of ketones is 1. The summed E-state index contributed by atoms with van der Waals surface area (Å²) in [6, 6.07) is 2.28. The van der Waals surface area contributed by atoms with E-state index in [0.29, 0.717) is 0 Å². The summed E-state index contributed by atoms with van der Waals surface area (Å²) in [6.45, 7) is 3.06. The molecule has 1 aromatic rings. The smallest absolute Gasteiger partial charge is 0.318 e. The van der Waals surface area contributed by atoms with Gasteiger partial charge < -0.3 is 15.4 Å². The second-order valence-electron chi connectivity index (χ2n) is 5.85. The summed E-state index contributed by atoms with van der Waals surface area (Å²) in [7, 11) is 1.67. The minimum Gasteiger partial charge on any atom is -0.341 e. The SMILES string of the molecule is CC(C)=O.CNC(=O)Nc1c2c(cc3c1CCC3)CCC2.[HH].[HH]. The Morgan fingerprint density at radius 1 is 1.00 bits per heavy atom. The van der Waals surface area contributed by atoms with Gasteiger partial charge in [-0.25, -0.2) is 4.79 Å². The van der Waals surface area contributed by atoms with Crippen molar-refractivity contribution in [3.63, 3.8) is 0 Å². The van der Waals surface area contributed by atoms with Crippen molar-refractivity contribution in [1.29, 1.82) is 0 Å². The molecule has 0 saturated heterocycles. The van der Waals surface area contributed by atoms with Gasteiger partial charge in [-0.3, -0.25) is 0 Å². The van der Waals surface area contributed by atoms with E-state index in [1.54, 1.807) is 7.05 Å². The third-order valence-electron chi connectivity index (χ3n) is 3.94. The molecule has 3 rings (SSSR count). The maximum atomic E-state index is 11.6. The fourth-order valence-electron chi connectivity index (χ4n) is 3.14. The number of nitrogens with one attached hydrogen (secondary N) is 2. The Hall–Kier alpha value is -1.84. The van der Waals surface area contributed by atoms with Gasteiger partial charge in [0.25, 0.3) is 0 Å². The molecule has 0 bridgehead atoms. The lowest BCUT2D eigenvalue weighted by molar-refractivity contribution is -0.114. The Bertz CT molecular complexity index is 538. The van der Waals surface area contributed by atoms with E-state index in [1.165, 1.54) is 61.8 Å². The number of benzene rings is 1. The predicted molar refractivity (Wildman–Crippen MR) is 89.2 cm³/mol. The zero-order valence-corrected chi connectivity index (χ0v) is 13.1. The van der Waals surface area contributed by atoms with Crippen LogP contribution in [0.2, 0.25) is 0 Å². The van der Waals surface area contributed by atoms with E-state index in [0.717, 1.165) is 18.5 Å². The van der Waals surface area contributed by atoms with Crippen LogP contribution in [0.5, 0.6) is 0 Å². The van der Waals surface area contributed by atoms with Crippen LogP contribution in [0, 0.1) is 0 Å². The maximum absolute atomic E-state index is 11.6. The van der Waals surface area contributed by atoms with Crippen LogP contribution in [0.15, 0.2) is 6.07 Å². The van der Waals surface area contributed by atoms with Crippen LogP contribution in [0.4, 0.5) is 10.5 Å². The molecule has 0 atom stereocenters. The molecule has 1 aromatic carbocycles. The highest BCUT2D eigenvalue weighted by molar-refractivity contribution is 5.91. The Morgan fingerprint density at radius 2 is 1.48 bits per heavy atom. The first-order chi connectivity index (χ1) is 10.0. The molecule has 0 aromatic heterocycles. The molecule has 0 heterocycles. The number of carbonyl (C=O) groups excluding carboxylic acids is 2. The van der Waals surface area contributed by atoms with Gasteiger partial charge in [-0.15, -0.1) is 0 Å². The summed E-state index contributed by atoms with van der Waals surface area (Å²) in [6.07, 6.45) is 7.02. The van der Waals surface area contributed by atoms with Crippen LogP contribution < -0.4 is 10.6 Å². The lowest BCUT2D eigenvalue weighted by Crippen LogP contribution is -2.25. The lowest BCUT2D eigenvalue weighted by atomic mass is 9.99. The zero-order valence-electron chi connectivity index (χ0n) is 13.1. The van der Waals surface area contributed by atoms with Gasteiger partial charge in [0.1, 0.15) is 5.78 Å². The molecule has 2 amide bonds. The lowest BCUT2D eigenvalue weighted by Gasteiger charge is -2.15. The minimum absolute atomic E-state index is 0. The largest absolute Gasteiger partial charge is 0.341 e. The summed E-state index contributed by atoms with van der Waals surface area (Å²) in [5, 5.41) is 5.69. The van der Waals surface area contributed by atoms with Crippen molar-refractivity contribution in [3.05, 3.63) is 28.3 Å². The van der Waals surface area contributed by atoms with Crippen molar-refractivity contribution in [1.82, 2.24) is 5.32 Å². The van der Waals surface area contributed by atoms with Crippen molar-refractivity contribution in [2.45, 2.75) is 52.4 Å². The molecule has 0 unspecified atom stereocenters. The first kappa shape index (κ1) is 15.5. The molecule has 0 fully saturated rings. The van der Waals surface area contributed by atoms with Crippen LogP contribution >= 0.6 is 0 Å². The zero-order chi connectivity index (χ0) is 15.4. The van der Waals surface area contributed by atoms with Crippen molar-refractivity contribution in [3.8, 4) is 0 Å². The molecule has 118 valence electrons. The third kappa shape index (κ3) is 3.63. The Morgan fingerprint density at radius 3 is 1.90 bits per heavy atom. The summed E-state index contributed by atoms with van der Waals surface area (Å²) < 4.78 is 0. The van der Waals surface area contributed by atoms with E-state index < -0.39 is 0 Å². The molecule has 21 heavy (non-hydrogen) atoms. The molecule has 0 saturated carbocycles. The second-order valence-corrected chi connectivity index (χ2v) is 5.85. The summed E-state index contributed by atoms with van der Waals surface area (Å²) in [5.74, 6) is 0.167. The molecule has 0 spiro atoms. The fraction of sp³-hybridized carbons (Fsp3) is 0.529. The van der Waals surface area contributed by atoms with Gasteiger partial charge in [0.2, 0.25) is 0 Å². The number of aryl methyl sites for hydroxylation is 2.